The Labute approximate surface area is 150 Å². The SMILES string of the molecule is CCNC(=NCC1CCN(S(C)(=O)=O)C1)N1CCCC(CC(N)=O)C1. The van der Waals surface area contributed by atoms with Crippen LogP contribution in [0, 0.1) is 11.8 Å². The fourth-order valence-corrected chi connectivity index (χ4v) is 4.52. The number of amides is 1. The Morgan fingerprint density at radius 1 is 1.24 bits per heavy atom. The maximum Gasteiger partial charge on any atom is 0.217 e. The second-order valence-corrected chi connectivity index (χ2v) is 9.08. The lowest BCUT2D eigenvalue weighted by atomic mass is 9.95. The lowest BCUT2D eigenvalue weighted by molar-refractivity contribution is -0.119. The second kappa shape index (κ2) is 8.84. The highest BCUT2D eigenvalue weighted by Crippen LogP contribution is 2.21. The molecule has 0 bridgehead atoms. The fourth-order valence-electron chi connectivity index (χ4n) is 3.60. The quantitative estimate of drug-likeness (QED) is 0.496. The van der Waals surface area contributed by atoms with Gasteiger partial charge in [-0.25, -0.2) is 12.7 Å². The topological polar surface area (TPSA) is 108 Å². The largest absolute Gasteiger partial charge is 0.370 e. The van der Waals surface area contributed by atoms with Gasteiger partial charge in [-0.15, -0.1) is 0 Å². The first-order valence-electron chi connectivity index (χ1n) is 9.06. The van der Waals surface area contributed by atoms with Gasteiger partial charge in [-0.05, 0) is 38.0 Å². The Balaban J connectivity index is 1.95. The van der Waals surface area contributed by atoms with Gasteiger partial charge in [0, 0.05) is 45.7 Å². The van der Waals surface area contributed by atoms with Gasteiger partial charge in [-0.1, -0.05) is 0 Å². The number of nitrogens with two attached hydrogens (primary N) is 1. The van der Waals surface area contributed by atoms with E-state index in [0.717, 1.165) is 44.9 Å². The Morgan fingerprint density at radius 3 is 2.60 bits per heavy atom. The van der Waals surface area contributed by atoms with E-state index >= 15 is 0 Å². The molecule has 0 radical (unpaired) electrons. The molecule has 25 heavy (non-hydrogen) atoms. The molecule has 2 heterocycles. The van der Waals surface area contributed by atoms with Crippen molar-refractivity contribution in [2.75, 3.05) is 45.5 Å². The van der Waals surface area contributed by atoms with E-state index in [4.69, 9.17) is 10.7 Å². The normalized spacial score (nSPS) is 26.0. The van der Waals surface area contributed by atoms with E-state index in [0.29, 0.717) is 26.1 Å². The number of hydrogen-bond acceptors (Lipinski definition) is 4. The number of aliphatic imine (C=N–C) groups is 1. The summed E-state index contributed by atoms with van der Waals surface area (Å²) in [6.07, 6.45) is 4.57. The van der Waals surface area contributed by atoms with Crippen molar-refractivity contribution in [3.05, 3.63) is 0 Å². The number of carbonyl (C=O) groups is 1. The van der Waals surface area contributed by atoms with Crippen LogP contribution in [0.15, 0.2) is 4.99 Å². The molecule has 0 saturated carbocycles. The standard InChI is InChI=1S/C16H31N5O3S/c1-3-18-16(20-7-4-5-13(11-20)9-15(17)22)19-10-14-6-8-21(12-14)25(2,23)24/h13-14H,3-12H2,1-2H3,(H2,17,22)(H,18,19). The fraction of sp³-hybridized carbons (Fsp3) is 0.875. The van der Waals surface area contributed by atoms with Gasteiger partial charge >= 0.3 is 0 Å². The van der Waals surface area contributed by atoms with Crippen molar-refractivity contribution in [3.8, 4) is 0 Å². The van der Waals surface area contributed by atoms with E-state index in [9.17, 15) is 13.2 Å². The number of nitrogens with one attached hydrogen (secondary N) is 1. The van der Waals surface area contributed by atoms with E-state index in [1.54, 1.807) is 0 Å². The molecule has 2 saturated heterocycles. The molecule has 2 atom stereocenters. The first-order chi connectivity index (χ1) is 11.8. The smallest absolute Gasteiger partial charge is 0.217 e. The number of hydrogen-bond donors (Lipinski definition) is 2. The Kier molecular flexibility index (Phi) is 7.06. The van der Waals surface area contributed by atoms with Crippen molar-refractivity contribution in [2.24, 2.45) is 22.6 Å². The van der Waals surface area contributed by atoms with Crippen molar-refractivity contribution >= 4 is 21.9 Å². The van der Waals surface area contributed by atoms with Crippen LogP contribution >= 0.6 is 0 Å². The van der Waals surface area contributed by atoms with Crippen molar-refractivity contribution in [2.45, 2.75) is 32.6 Å². The first-order valence-corrected chi connectivity index (χ1v) is 10.9. The molecule has 0 aliphatic carbocycles. The monoisotopic (exact) mass is 373 g/mol. The molecule has 8 nitrogen and oxygen atoms in total. The predicted octanol–water partition coefficient (Wildman–Crippen LogP) is -0.179. The zero-order valence-corrected chi connectivity index (χ0v) is 16.1. The number of nitrogens with zero attached hydrogens (tertiary/aromatic N) is 3. The number of piperidine rings is 1. The van der Waals surface area contributed by atoms with E-state index in [-0.39, 0.29) is 17.7 Å². The van der Waals surface area contributed by atoms with Gasteiger partial charge in [0.1, 0.15) is 0 Å². The third-order valence-electron chi connectivity index (χ3n) is 4.86. The molecule has 2 aliphatic rings. The van der Waals surface area contributed by atoms with Gasteiger partial charge in [-0.2, -0.15) is 0 Å². The summed E-state index contributed by atoms with van der Waals surface area (Å²) < 4.78 is 24.8. The lowest BCUT2D eigenvalue weighted by Crippen LogP contribution is -2.47. The minimum Gasteiger partial charge on any atom is -0.370 e. The molecule has 0 aromatic rings. The molecular formula is C16H31N5O3S. The molecule has 2 rings (SSSR count). The molecule has 0 spiro atoms. The molecule has 1 amide bonds. The van der Waals surface area contributed by atoms with Crippen LogP contribution in [0.3, 0.4) is 0 Å². The van der Waals surface area contributed by atoms with Crippen LogP contribution in [0.25, 0.3) is 0 Å². The van der Waals surface area contributed by atoms with Crippen LogP contribution in [-0.4, -0.2) is 75.0 Å². The van der Waals surface area contributed by atoms with Crippen molar-refractivity contribution < 1.29 is 13.2 Å². The zero-order chi connectivity index (χ0) is 18.4. The Bertz CT molecular complexity index is 593. The minimum atomic E-state index is -3.11. The van der Waals surface area contributed by atoms with E-state index < -0.39 is 10.0 Å². The lowest BCUT2D eigenvalue weighted by Gasteiger charge is -2.34. The van der Waals surface area contributed by atoms with Crippen LogP contribution in [0.4, 0.5) is 0 Å². The summed E-state index contributed by atoms with van der Waals surface area (Å²) in [4.78, 5) is 18.1. The molecule has 3 N–H and O–H groups in total. The number of sulfonamides is 1. The number of carbonyl (C=O) groups excluding carboxylic acids is 1. The van der Waals surface area contributed by atoms with Crippen LogP contribution in [0.5, 0.6) is 0 Å². The van der Waals surface area contributed by atoms with Crippen LogP contribution < -0.4 is 11.1 Å². The van der Waals surface area contributed by atoms with Crippen LogP contribution in [0.2, 0.25) is 0 Å². The van der Waals surface area contributed by atoms with Crippen LogP contribution in [0.1, 0.15) is 32.6 Å². The van der Waals surface area contributed by atoms with Gasteiger partial charge in [-0.3, -0.25) is 9.79 Å². The first kappa shape index (κ1) is 20.0. The summed E-state index contributed by atoms with van der Waals surface area (Å²) in [5.41, 5.74) is 5.34. The maximum atomic E-state index is 11.6. The molecule has 2 unspecified atom stereocenters. The molecule has 144 valence electrons. The van der Waals surface area contributed by atoms with E-state index in [1.165, 1.54) is 10.6 Å². The highest BCUT2D eigenvalue weighted by Gasteiger charge is 2.29. The summed E-state index contributed by atoms with van der Waals surface area (Å²) in [5, 5.41) is 3.32. The molecule has 0 aromatic heterocycles. The number of guanidine groups is 1. The van der Waals surface area contributed by atoms with Crippen molar-refractivity contribution in [3.63, 3.8) is 0 Å². The third kappa shape index (κ3) is 6.14. The van der Waals surface area contributed by atoms with Gasteiger partial charge in [0.05, 0.1) is 6.26 Å². The van der Waals surface area contributed by atoms with Gasteiger partial charge in [0.15, 0.2) is 5.96 Å². The van der Waals surface area contributed by atoms with Crippen molar-refractivity contribution in [1.29, 1.82) is 0 Å². The maximum absolute atomic E-state index is 11.6. The number of likely N-dealkylation sites (tertiary alicyclic amines) is 1. The van der Waals surface area contributed by atoms with E-state index in [2.05, 4.69) is 10.2 Å². The molecular weight excluding hydrogens is 342 g/mol. The van der Waals surface area contributed by atoms with Gasteiger partial charge < -0.3 is 16.0 Å². The van der Waals surface area contributed by atoms with E-state index in [1.807, 2.05) is 6.92 Å². The van der Waals surface area contributed by atoms with Crippen molar-refractivity contribution in [1.82, 2.24) is 14.5 Å². The highest BCUT2D eigenvalue weighted by molar-refractivity contribution is 7.88. The Hall–Kier alpha value is -1.35. The highest BCUT2D eigenvalue weighted by atomic mass is 32.2. The van der Waals surface area contributed by atoms with Gasteiger partial charge in [0.2, 0.25) is 15.9 Å². The van der Waals surface area contributed by atoms with Crippen LogP contribution in [-0.2, 0) is 14.8 Å². The average molecular weight is 374 g/mol. The van der Waals surface area contributed by atoms with Gasteiger partial charge in [0.25, 0.3) is 0 Å². The average Bonchev–Trinajstić information content (AvgIpc) is 3.00. The molecule has 9 heteroatoms. The molecule has 0 aromatic carbocycles. The summed E-state index contributed by atoms with van der Waals surface area (Å²) in [6.45, 7) is 6.25. The minimum absolute atomic E-state index is 0.249. The third-order valence-corrected chi connectivity index (χ3v) is 6.13. The second-order valence-electron chi connectivity index (χ2n) is 7.10. The predicted molar refractivity (Wildman–Crippen MR) is 98.6 cm³/mol. The summed E-state index contributed by atoms with van der Waals surface area (Å²) in [5.74, 6) is 1.15. The summed E-state index contributed by atoms with van der Waals surface area (Å²) in [6, 6.07) is 0. The Morgan fingerprint density at radius 2 is 2.00 bits per heavy atom. The summed E-state index contributed by atoms with van der Waals surface area (Å²) >= 11 is 0. The number of primary amides is 1. The summed E-state index contributed by atoms with van der Waals surface area (Å²) in [7, 11) is -3.11. The number of rotatable bonds is 6. The molecule has 2 fully saturated rings. The zero-order valence-electron chi connectivity index (χ0n) is 15.3. The molecule has 2 aliphatic heterocycles.